The van der Waals surface area contributed by atoms with Gasteiger partial charge in [0.2, 0.25) is 0 Å². The third-order valence-corrected chi connectivity index (χ3v) is 3.97. The van der Waals surface area contributed by atoms with Gasteiger partial charge in [-0.05, 0) is 56.4 Å². The van der Waals surface area contributed by atoms with E-state index in [0.29, 0.717) is 6.61 Å². The molecule has 1 fully saturated rings. The number of ether oxygens (including phenoxy) is 2. The molecule has 0 spiro atoms. The molecule has 25 heavy (non-hydrogen) atoms. The molecule has 1 aliphatic rings. The molecule has 1 aliphatic carbocycles. The number of hydrogen-bond donors (Lipinski definition) is 1. The van der Waals surface area contributed by atoms with Crippen LogP contribution in [0.15, 0.2) is 30.3 Å². The van der Waals surface area contributed by atoms with E-state index in [1.807, 2.05) is 31.2 Å². The van der Waals surface area contributed by atoms with Crippen LogP contribution in [-0.4, -0.2) is 30.6 Å². The average molecular weight is 342 g/mol. The molecule has 1 aromatic carbocycles. The molecule has 1 saturated carbocycles. The van der Waals surface area contributed by atoms with Crippen LogP contribution in [0.25, 0.3) is 6.08 Å². The maximum Gasteiger partial charge on any atom is 0.331 e. The van der Waals surface area contributed by atoms with Crippen LogP contribution in [-0.2, 0) is 14.3 Å². The Kier molecular flexibility index (Phi) is 6.18. The second-order valence-corrected chi connectivity index (χ2v) is 6.08. The van der Waals surface area contributed by atoms with Gasteiger partial charge in [0, 0.05) is 6.08 Å². The SMILES string of the molecule is CCOc1ccc(/C=C/C(=O)OCC(=O)N[C@@](C)(C#N)C2CC2)cc1. The van der Waals surface area contributed by atoms with Crippen LogP contribution in [0.5, 0.6) is 5.75 Å². The van der Waals surface area contributed by atoms with Gasteiger partial charge >= 0.3 is 5.97 Å². The molecule has 2 rings (SSSR count). The minimum absolute atomic E-state index is 0.178. The van der Waals surface area contributed by atoms with E-state index >= 15 is 0 Å². The Morgan fingerprint density at radius 1 is 1.36 bits per heavy atom. The topological polar surface area (TPSA) is 88.4 Å². The third-order valence-electron chi connectivity index (χ3n) is 3.97. The number of hydrogen-bond acceptors (Lipinski definition) is 5. The van der Waals surface area contributed by atoms with E-state index in [-0.39, 0.29) is 5.92 Å². The van der Waals surface area contributed by atoms with Crippen molar-refractivity contribution < 1.29 is 19.1 Å². The summed E-state index contributed by atoms with van der Waals surface area (Å²) in [6, 6.07) is 9.37. The van der Waals surface area contributed by atoms with Gasteiger partial charge in [-0.3, -0.25) is 4.79 Å². The van der Waals surface area contributed by atoms with E-state index in [0.717, 1.165) is 24.2 Å². The van der Waals surface area contributed by atoms with Gasteiger partial charge in [-0.1, -0.05) is 12.1 Å². The molecule has 0 saturated heterocycles. The van der Waals surface area contributed by atoms with Gasteiger partial charge in [-0.2, -0.15) is 5.26 Å². The molecule has 0 radical (unpaired) electrons. The van der Waals surface area contributed by atoms with Crippen LogP contribution in [0, 0.1) is 17.2 Å². The molecule has 0 bridgehead atoms. The van der Waals surface area contributed by atoms with Gasteiger partial charge in [0.05, 0.1) is 12.7 Å². The Morgan fingerprint density at radius 3 is 2.60 bits per heavy atom. The Balaban J connectivity index is 1.78. The highest BCUT2D eigenvalue weighted by Crippen LogP contribution is 2.39. The average Bonchev–Trinajstić information content (AvgIpc) is 3.45. The Bertz CT molecular complexity index is 686. The lowest BCUT2D eigenvalue weighted by Crippen LogP contribution is -2.48. The van der Waals surface area contributed by atoms with Gasteiger partial charge in [-0.25, -0.2) is 4.79 Å². The summed E-state index contributed by atoms with van der Waals surface area (Å²) >= 11 is 0. The number of nitrogens with zero attached hydrogens (tertiary/aromatic N) is 1. The smallest absolute Gasteiger partial charge is 0.331 e. The molecular formula is C19H22N2O4. The van der Waals surface area contributed by atoms with Crippen LogP contribution >= 0.6 is 0 Å². The van der Waals surface area contributed by atoms with E-state index in [9.17, 15) is 14.9 Å². The summed E-state index contributed by atoms with van der Waals surface area (Å²) in [4.78, 5) is 23.5. The van der Waals surface area contributed by atoms with Crippen LogP contribution in [0.2, 0.25) is 0 Å². The van der Waals surface area contributed by atoms with Crippen LogP contribution < -0.4 is 10.1 Å². The summed E-state index contributed by atoms with van der Waals surface area (Å²) in [6.45, 7) is 3.78. The quantitative estimate of drug-likeness (QED) is 0.579. The first-order valence-corrected chi connectivity index (χ1v) is 8.27. The van der Waals surface area contributed by atoms with E-state index in [4.69, 9.17) is 9.47 Å². The van der Waals surface area contributed by atoms with E-state index in [1.54, 1.807) is 13.0 Å². The molecule has 6 heteroatoms. The fourth-order valence-electron chi connectivity index (χ4n) is 2.40. The normalized spacial score (nSPS) is 15.9. The molecule has 1 amide bonds. The lowest BCUT2D eigenvalue weighted by molar-refractivity contribution is -0.144. The summed E-state index contributed by atoms with van der Waals surface area (Å²) in [5, 5.41) is 11.8. The number of nitrogens with one attached hydrogen (secondary N) is 1. The minimum Gasteiger partial charge on any atom is -0.494 e. The van der Waals surface area contributed by atoms with Gasteiger partial charge in [0.25, 0.3) is 5.91 Å². The first-order chi connectivity index (χ1) is 12.0. The van der Waals surface area contributed by atoms with E-state index in [1.165, 1.54) is 6.08 Å². The lowest BCUT2D eigenvalue weighted by Gasteiger charge is -2.22. The summed E-state index contributed by atoms with van der Waals surface area (Å²) in [6.07, 6.45) is 4.71. The summed E-state index contributed by atoms with van der Waals surface area (Å²) in [7, 11) is 0. The largest absolute Gasteiger partial charge is 0.494 e. The maximum absolute atomic E-state index is 11.9. The molecule has 0 heterocycles. The lowest BCUT2D eigenvalue weighted by atomic mass is 9.98. The monoisotopic (exact) mass is 342 g/mol. The number of carbonyl (C=O) groups is 2. The molecule has 1 atom stereocenters. The maximum atomic E-state index is 11.9. The standard InChI is InChI=1S/C19H22N2O4/c1-3-24-16-9-4-14(5-10-16)6-11-18(23)25-12-17(22)21-19(2,13-20)15-7-8-15/h4-6,9-11,15H,3,7-8,12H2,1-2H3,(H,21,22)/b11-6+/t19-/m0/s1. The molecule has 0 unspecified atom stereocenters. The second-order valence-electron chi connectivity index (χ2n) is 6.08. The predicted molar refractivity (Wildman–Crippen MR) is 92.5 cm³/mol. The molecule has 1 aromatic rings. The van der Waals surface area contributed by atoms with Crippen molar-refractivity contribution in [2.75, 3.05) is 13.2 Å². The zero-order chi connectivity index (χ0) is 18.3. The Morgan fingerprint density at radius 2 is 2.04 bits per heavy atom. The minimum atomic E-state index is -0.887. The number of benzene rings is 1. The van der Waals surface area contributed by atoms with Crippen molar-refractivity contribution in [1.82, 2.24) is 5.32 Å². The molecular weight excluding hydrogens is 320 g/mol. The number of esters is 1. The highest BCUT2D eigenvalue weighted by atomic mass is 16.5. The highest BCUT2D eigenvalue weighted by Gasteiger charge is 2.43. The molecule has 6 nitrogen and oxygen atoms in total. The Labute approximate surface area is 147 Å². The second kappa shape index (κ2) is 8.34. The molecule has 0 aliphatic heterocycles. The van der Waals surface area contributed by atoms with Gasteiger partial charge in [0.1, 0.15) is 11.3 Å². The highest BCUT2D eigenvalue weighted by molar-refractivity contribution is 5.89. The summed E-state index contributed by atoms with van der Waals surface area (Å²) in [5.41, 5.74) is -0.0719. The summed E-state index contributed by atoms with van der Waals surface area (Å²) in [5.74, 6) is -0.153. The van der Waals surface area contributed by atoms with Crippen molar-refractivity contribution >= 4 is 18.0 Å². The fraction of sp³-hybridized carbons (Fsp3) is 0.421. The van der Waals surface area contributed by atoms with E-state index in [2.05, 4.69) is 11.4 Å². The zero-order valence-electron chi connectivity index (χ0n) is 14.5. The van der Waals surface area contributed by atoms with Crippen molar-refractivity contribution in [2.24, 2.45) is 5.92 Å². The molecule has 1 N–H and O–H groups in total. The van der Waals surface area contributed by atoms with Crippen molar-refractivity contribution in [3.63, 3.8) is 0 Å². The van der Waals surface area contributed by atoms with Crippen LogP contribution in [0.1, 0.15) is 32.3 Å². The molecule has 0 aromatic heterocycles. The number of amides is 1. The van der Waals surface area contributed by atoms with E-state index < -0.39 is 24.0 Å². The molecule has 132 valence electrons. The third kappa shape index (κ3) is 5.64. The van der Waals surface area contributed by atoms with Crippen molar-refractivity contribution in [2.45, 2.75) is 32.2 Å². The number of rotatable bonds is 8. The van der Waals surface area contributed by atoms with Crippen LogP contribution in [0.3, 0.4) is 0 Å². The van der Waals surface area contributed by atoms with Crippen molar-refractivity contribution in [3.05, 3.63) is 35.9 Å². The fourth-order valence-corrected chi connectivity index (χ4v) is 2.40. The first kappa shape index (κ1) is 18.5. The zero-order valence-corrected chi connectivity index (χ0v) is 14.5. The number of nitriles is 1. The summed E-state index contributed by atoms with van der Waals surface area (Å²) < 4.78 is 10.2. The van der Waals surface area contributed by atoms with Crippen molar-refractivity contribution in [3.8, 4) is 11.8 Å². The van der Waals surface area contributed by atoms with Crippen molar-refractivity contribution in [1.29, 1.82) is 5.26 Å². The first-order valence-electron chi connectivity index (χ1n) is 8.27. The van der Waals surface area contributed by atoms with Gasteiger partial charge in [0.15, 0.2) is 6.61 Å². The predicted octanol–water partition coefficient (Wildman–Crippen LogP) is 2.45. The van der Waals surface area contributed by atoms with Gasteiger partial charge < -0.3 is 14.8 Å². The Hall–Kier alpha value is -2.81. The number of carbonyl (C=O) groups excluding carboxylic acids is 2. The van der Waals surface area contributed by atoms with Gasteiger partial charge in [-0.15, -0.1) is 0 Å². The van der Waals surface area contributed by atoms with Crippen LogP contribution in [0.4, 0.5) is 0 Å².